The quantitative estimate of drug-likeness (QED) is 0.364. The van der Waals surface area contributed by atoms with Crippen LogP contribution in [0.1, 0.15) is 11.1 Å². The van der Waals surface area contributed by atoms with E-state index in [1.165, 1.54) is 10.5 Å². The van der Waals surface area contributed by atoms with Crippen molar-refractivity contribution < 1.29 is 0 Å². The van der Waals surface area contributed by atoms with Crippen LogP contribution in [0.25, 0.3) is 0 Å². The predicted octanol–water partition coefficient (Wildman–Crippen LogP) is 3.36. The van der Waals surface area contributed by atoms with Gasteiger partial charge < -0.3 is 10.6 Å². The number of rotatable bonds is 6. The molecule has 6 heteroatoms. The Kier molecular flexibility index (Phi) is 7.23. The maximum absolute atomic E-state index is 5.78. The number of hydrogen-bond acceptors (Lipinski definition) is 3. The van der Waals surface area contributed by atoms with Crippen molar-refractivity contribution in [2.45, 2.75) is 17.9 Å². The van der Waals surface area contributed by atoms with Gasteiger partial charge >= 0.3 is 0 Å². The lowest BCUT2D eigenvalue weighted by Gasteiger charge is -2.12. The smallest absolute Gasteiger partial charge is 0.191 e. The number of pyridine rings is 1. The monoisotopic (exact) mass is 348 g/mol. The largest absolute Gasteiger partial charge is 0.356 e. The lowest BCUT2D eigenvalue weighted by atomic mass is 10.2. The number of benzene rings is 1. The van der Waals surface area contributed by atoms with Gasteiger partial charge in [-0.05, 0) is 42.0 Å². The predicted molar refractivity (Wildman–Crippen MR) is 99.4 cm³/mol. The fourth-order valence-electron chi connectivity index (χ4n) is 2.03. The lowest BCUT2D eigenvalue weighted by molar-refractivity contribution is 0.793. The summed E-state index contributed by atoms with van der Waals surface area (Å²) in [5.41, 5.74) is 2.37. The van der Waals surface area contributed by atoms with Crippen molar-refractivity contribution in [2.75, 3.05) is 19.8 Å². The highest BCUT2D eigenvalue weighted by atomic mass is 35.5. The number of nitrogens with one attached hydrogen (secondary N) is 2. The zero-order chi connectivity index (χ0) is 16.5. The second-order valence-corrected chi connectivity index (χ2v) is 6.21. The number of guanidine groups is 1. The third-order valence-electron chi connectivity index (χ3n) is 3.34. The molecular weight excluding hydrogens is 328 g/mol. The summed E-state index contributed by atoms with van der Waals surface area (Å²) < 4.78 is 0. The molecule has 0 saturated carbocycles. The first-order chi connectivity index (χ1) is 11.2. The molecule has 0 aliphatic heterocycles. The van der Waals surface area contributed by atoms with Crippen LogP contribution in [0.4, 0.5) is 0 Å². The molecule has 0 bridgehead atoms. The zero-order valence-corrected chi connectivity index (χ0v) is 14.9. The minimum absolute atomic E-state index is 0.520. The minimum atomic E-state index is 0.520. The summed E-state index contributed by atoms with van der Waals surface area (Å²) in [6.45, 7) is 1.53. The summed E-state index contributed by atoms with van der Waals surface area (Å²) >= 11 is 7.53. The van der Waals surface area contributed by atoms with Crippen LogP contribution in [0.5, 0.6) is 0 Å². The molecule has 4 nitrogen and oxygen atoms in total. The fraction of sp³-hybridized carbons (Fsp3) is 0.294. The molecule has 0 atom stereocenters. The zero-order valence-electron chi connectivity index (χ0n) is 13.3. The van der Waals surface area contributed by atoms with Crippen molar-refractivity contribution in [3.8, 4) is 0 Å². The van der Waals surface area contributed by atoms with Crippen LogP contribution in [0.2, 0.25) is 5.15 Å². The fourth-order valence-corrected chi connectivity index (χ4v) is 2.55. The number of hydrogen-bond donors (Lipinski definition) is 2. The Hall–Kier alpha value is -1.72. The van der Waals surface area contributed by atoms with Crippen LogP contribution >= 0.6 is 23.4 Å². The van der Waals surface area contributed by atoms with Gasteiger partial charge in [-0.3, -0.25) is 4.99 Å². The SMILES string of the molecule is CN=C(NCCc1ccc(Cl)nc1)NCc1ccc(SC)cc1. The number of halogens is 1. The van der Waals surface area contributed by atoms with Gasteiger partial charge in [-0.2, -0.15) is 0 Å². The van der Waals surface area contributed by atoms with Gasteiger partial charge in [-0.1, -0.05) is 29.8 Å². The molecule has 0 unspecified atom stereocenters. The van der Waals surface area contributed by atoms with Crippen LogP contribution in [0.15, 0.2) is 52.5 Å². The summed E-state index contributed by atoms with van der Waals surface area (Å²) in [6.07, 6.45) is 4.75. The van der Waals surface area contributed by atoms with E-state index in [4.69, 9.17) is 11.6 Å². The Morgan fingerprint density at radius 2 is 1.87 bits per heavy atom. The molecule has 122 valence electrons. The highest BCUT2D eigenvalue weighted by Crippen LogP contribution is 2.14. The normalized spacial score (nSPS) is 11.3. The summed E-state index contributed by atoms with van der Waals surface area (Å²) in [4.78, 5) is 9.58. The summed E-state index contributed by atoms with van der Waals surface area (Å²) in [7, 11) is 1.77. The Labute approximate surface area is 146 Å². The molecule has 2 N–H and O–H groups in total. The molecule has 2 rings (SSSR count). The molecule has 0 spiro atoms. The number of nitrogens with zero attached hydrogens (tertiary/aromatic N) is 2. The van der Waals surface area contributed by atoms with Crippen LogP contribution in [0, 0.1) is 0 Å². The van der Waals surface area contributed by atoms with Crippen LogP contribution < -0.4 is 10.6 Å². The third kappa shape index (κ3) is 6.12. The van der Waals surface area contributed by atoms with Crippen molar-refractivity contribution in [3.05, 3.63) is 58.9 Å². The highest BCUT2D eigenvalue weighted by Gasteiger charge is 2.00. The number of aromatic nitrogens is 1. The van der Waals surface area contributed by atoms with E-state index in [9.17, 15) is 0 Å². The molecule has 1 heterocycles. The van der Waals surface area contributed by atoms with Crippen LogP contribution in [0.3, 0.4) is 0 Å². The average Bonchev–Trinajstić information content (AvgIpc) is 2.60. The molecule has 1 aromatic heterocycles. The van der Waals surface area contributed by atoms with E-state index in [1.54, 1.807) is 25.0 Å². The summed E-state index contributed by atoms with van der Waals surface area (Å²) in [5.74, 6) is 0.792. The van der Waals surface area contributed by atoms with Gasteiger partial charge in [0.05, 0.1) is 0 Å². The molecule has 0 aliphatic carbocycles. The molecular formula is C17H21ClN4S. The van der Waals surface area contributed by atoms with E-state index >= 15 is 0 Å². The standard InChI is InChI=1S/C17H21ClN4S/c1-19-17(20-10-9-14-5-8-16(18)21-11-14)22-12-13-3-6-15(23-2)7-4-13/h3-8,11H,9-10,12H2,1-2H3,(H2,19,20,22). The maximum atomic E-state index is 5.78. The topological polar surface area (TPSA) is 49.3 Å². The third-order valence-corrected chi connectivity index (χ3v) is 4.30. The first kappa shape index (κ1) is 17.6. The van der Waals surface area contributed by atoms with Gasteiger partial charge in [-0.25, -0.2) is 4.98 Å². The molecule has 0 aliphatic rings. The summed E-state index contributed by atoms with van der Waals surface area (Å²) in [5, 5.41) is 7.13. The second kappa shape index (κ2) is 9.43. The summed E-state index contributed by atoms with van der Waals surface area (Å²) in [6, 6.07) is 12.3. The van der Waals surface area contributed by atoms with Crippen molar-refractivity contribution in [3.63, 3.8) is 0 Å². The van der Waals surface area contributed by atoms with Gasteiger partial charge in [0.1, 0.15) is 5.15 Å². The van der Waals surface area contributed by atoms with E-state index in [0.717, 1.165) is 31.0 Å². The highest BCUT2D eigenvalue weighted by molar-refractivity contribution is 7.98. The molecule has 23 heavy (non-hydrogen) atoms. The Bertz CT molecular complexity index is 626. The van der Waals surface area contributed by atoms with Crippen molar-refractivity contribution in [1.29, 1.82) is 0 Å². The second-order valence-electron chi connectivity index (χ2n) is 4.94. The first-order valence-electron chi connectivity index (χ1n) is 7.39. The molecule has 0 saturated heterocycles. The maximum Gasteiger partial charge on any atom is 0.191 e. The minimum Gasteiger partial charge on any atom is -0.356 e. The average molecular weight is 349 g/mol. The molecule has 2 aromatic rings. The van der Waals surface area contributed by atoms with E-state index < -0.39 is 0 Å². The Balaban J connectivity index is 1.75. The lowest BCUT2D eigenvalue weighted by Crippen LogP contribution is -2.37. The van der Waals surface area contributed by atoms with Crippen LogP contribution in [-0.2, 0) is 13.0 Å². The van der Waals surface area contributed by atoms with Gasteiger partial charge in [0, 0.05) is 31.2 Å². The molecule has 0 amide bonds. The van der Waals surface area contributed by atoms with Crippen LogP contribution in [-0.4, -0.2) is 30.8 Å². The van der Waals surface area contributed by atoms with E-state index in [2.05, 4.69) is 51.1 Å². The van der Waals surface area contributed by atoms with Gasteiger partial charge in [0.2, 0.25) is 0 Å². The molecule has 0 fully saturated rings. The van der Waals surface area contributed by atoms with E-state index in [0.29, 0.717) is 5.15 Å². The molecule has 1 aromatic carbocycles. The molecule has 0 radical (unpaired) electrons. The number of thioether (sulfide) groups is 1. The van der Waals surface area contributed by atoms with Crippen molar-refractivity contribution in [2.24, 2.45) is 4.99 Å². The van der Waals surface area contributed by atoms with Gasteiger partial charge in [0.15, 0.2) is 5.96 Å². The van der Waals surface area contributed by atoms with E-state index in [1.807, 2.05) is 12.1 Å². The Morgan fingerprint density at radius 3 is 2.48 bits per heavy atom. The Morgan fingerprint density at radius 1 is 1.13 bits per heavy atom. The number of aliphatic imine (C=N–C) groups is 1. The van der Waals surface area contributed by atoms with Gasteiger partial charge in [-0.15, -0.1) is 11.8 Å². The van der Waals surface area contributed by atoms with Crippen molar-refractivity contribution in [1.82, 2.24) is 15.6 Å². The van der Waals surface area contributed by atoms with E-state index in [-0.39, 0.29) is 0 Å². The first-order valence-corrected chi connectivity index (χ1v) is 8.99. The van der Waals surface area contributed by atoms with Crippen molar-refractivity contribution >= 4 is 29.3 Å². The van der Waals surface area contributed by atoms with Gasteiger partial charge in [0.25, 0.3) is 0 Å².